The van der Waals surface area contributed by atoms with Crippen molar-refractivity contribution in [1.82, 2.24) is 20.6 Å². The first kappa shape index (κ1) is 18.0. The van der Waals surface area contributed by atoms with Crippen molar-refractivity contribution in [1.29, 1.82) is 0 Å². The number of thiocarbonyl (C=S) groups is 1. The van der Waals surface area contributed by atoms with E-state index < -0.39 is 17.6 Å². The first-order valence-corrected chi connectivity index (χ1v) is 7.64. The fraction of sp³-hybridized carbons (Fsp3) is 0.286. The van der Waals surface area contributed by atoms with Crippen molar-refractivity contribution in [2.75, 3.05) is 0 Å². The molecule has 0 spiro atoms. The minimum atomic E-state index is -0.661. The normalized spacial score (nSPS) is 11.2. The van der Waals surface area contributed by atoms with Crippen LogP contribution in [-0.2, 0) is 4.74 Å². The van der Waals surface area contributed by atoms with Crippen LogP contribution < -0.4 is 16.6 Å². The van der Waals surface area contributed by atoms with Crippen LogP contribution in [0.1, 0.15) is 31.1 Å². The van der Waals surface area contributed by atoms with Crippen LogP contribution in [0.25, 0.3) is 10.9 Å². The van der Waals surface area contributed by atoms with E-state index in [2.05, 4.69) is 28.2 Å². The smallest absolute Gasteiger partial charge is 0.435 e. The molecular formula is C14H16ClN5O3S. The molecule has 8 nitrogen and oxygen atoms in total. The van der Waals surface area contributed by atoms with Gasteiger partial charge in [-0.1, -0.05) is 11.6 Å². The summed E-state index contributed by atoms with van der Waals surface area (Å²) in [5.74, 6) is -0.528. The van der Waals surface area contributed by atoms with Crippen molar-refractivity contribution in [2.45, 2.75) is 26.4 Å². The number of nitrogens with two attached hydrogens (primary N) is 1. The molecule has 0 fully saturated rings. The van der Waals surface area contributed by atoms with Crippen molar-refractivity contribution in [3.05, 3.63) is 28.9 Å². The van der Waals surface area contributed by atoms with Crippen LogP contribution in [0.3, 0.4) is 0 Å². The van der Waals surface area contributed by atoms with Gasteiger partial charge in [0.1, 0.15) is 5.60 Å². The number of benzene rings is 1. The van der Waals surface area contributed by atoms with Gasteiger partial charge in [-0.05, 0) is 45.1 Å². The number of carbonyl (C=O) groups excluding carboxylic acids is 2. The zero-order chi connectivity index (χ0) is 18.1. The summed E-state index contributed by atoms with van der Waals surface area (Å²) in [5, 5.41) is 4.48. The monoisotopic (exact) mass is 369 g/mol. The highest BCUT2D eigenvalue weighted by molar-refractivity contribution is 7.80. The van der Waals surface area contributed by atoms with Gasteiger partial charge in [0, 0.05) is 5.39 Å². The van der Waals surface area contributed by atoms with Gasteiger partial charge in [0.2, 0.25) is 0 Å². The van der Waals surface area contributed by atoms with E-state index in [-0.39, 0.29) is 15.7 Å². The highest BCUT2D eigenvalue weighted by Crippen LogP contribution is 2.27. The number of carbonyl (C=O) groups is 2. The number of nitrogens with one attached hydrogen (secondary N) is 2. The molecule has 0 aliphatic rings. The van der Waals surface area contributed by atoms with Gasteiger partial charge in [0.15, 0.2) is 5.11 Å². The molecule has 2 rings (SSSR count). The van der Waals surface area contributed by atoms with Gasteiger partial charge in [-0.2, -0.15) is 9.78 Å². The molecule has 2 aromatic rings. The van der Waals surface area contributed by atoms with Crippen LogP contribution in [0.5, 0.6) is 0 Å². The Balaban J connectivity index is 2.36. The third kappa shape index (κ3) is 3.92. The minimum absolute atomic E-state index is 0.0849. The van der Waals surface area contributed by atoms with E-state index in [1.807, 2.05) is 0 Å². The van der Waals surface area contributed by atoms with Crippen molar-refractivity contribution < 1.29 is 14.3 Å². The lowest BCUT2D eigenvalue weighted by atomic mass is 10.1. The van der Waals surface area contributed by atoms with E-state index >= 15 is 0 Å². The first-order valence-electron chi connectivity index (χ1n) is 6.85. The third-order valence-electron chi connectivity index (χ3n) is 2.80. The molecule has 1 amide bonds. The Hall–Kier alpha value is -2.39. The lowest BCUT2D eigenvalue weighted by molar-refractivity contribution is 0.0522. The van der Waals surface area contributed by atoms with Gasteiger partial charge in [-0.15, -0.1) is 0 Å². The third-order valence-corrected chi connectivity index (χ3v) is 3.31. The molecule has 0 saturated heterocycles. The number of hydrogen-bond acceptors (Lipinski definition) is 5. The molecule has 0 unspecified atom stereocenters. The highest BCUT2D eigenvalue weighted by atomic mass is 35.5. The molecule has 1 aromatic carbocycles. The van der Waals surface area contributed by atoms with Gasteiger partial charge in [0.25, 0.3) is 5.91 Å². The number of amides is 1. The largest absolute Gasteiger partial charge is 0.442 e. The molecule has 128 valence electrons. The van der Waals surface area contributed by atoms with Crippen LogP contribution in [-0.4, -0.2) is 32.5 Å². The zero-order valence-corrected chi connectivity index (χ0v) is 14.8. The molecule has 0 radical (unpaired) electrons. The molecule has 1 heterocycles. The molecular weight excluding hydrogens is 354 g/mol. The Morgan fingerprint density at radius 1 is 1.33 bits per heavy atom. The minimum Gasteiger partial charge on any atom is -0.442 e. The molecule has 0 atom stereocenters. The Bertz CT molecular complexity index is 828. The Morgan fingerprint density at radius 2 is 2.00 bits per heavy atom. The second-order valence-corrected chi connectivity index (χ2v) is 6.66. The Labute approximate surface area is 148 Å². The van der Waals surface area contributed by atoms with E-state index in [0.717, 1.165) is 4.68 Å². The van der Waals surface area contributed by atoms with Crippen LogP contribution in [0.4, 0.5) is 4.79 Å². The summed E-state index contributed by atoms with van der Waals surface area (Å²) in [6.07, 6.45) is 0.750. The van der Waals surface area contributed by atoms with Crippen LogP contribution in [0.2, 0.25) is 5.02 Å². The number of nitrogens with zero attached hydrogens (tertiary/aromatic N) is 2. The van der Waals surface area contributed by atoms with Crippen molar-refractivity contribution >= 4 is 51.8 Å². The SMILES string of the molecule is CC(C)(C)OC(=O)n1ncc2c(Cl)c(C(=O)NNC(N)=S)ccc21. The molecule has 0 aliphatic heterocycles. The summed E-state index contributed by atoms with van der Waals surface area (Å²) < 4.78 is 6.36. The fourth-order valence-electron chi connectivity index (χ4n) is 1.88. The highest BCUT2D eigenvalue weighted by Gasteiger charge is 2.22. The van der Waals surface area contributed by atoms with Gasteiger partial charge in [-0.25, -0.2) is 4.79 Å². The van der Waals surface area contributed by atoms with Crippen LogP contribution >= 0.6 is 23.8 Å². The topological polar surface area (TPSA) is 111 Å². The molecule has 0 saturated carbocycles. The molecule has 1 aromatic heterocycles. The summed E-state index contributed by atoms with van der Waals surface area (Å²) in [5.41, 5.74) is 9.81. The molecule has 0 aliphatic carbocycles. The number of ether oxygens (including phenoxy) is 1. The lowest BCUT2D eigenvalue weighted by Crippen LogP contribution is -2.44. The maximum absolute atomic E-state index is 12.2. The van der Waals surface area contributed by atoms with Gasteiger partial charge in [-0.3, -0.25) is 15.6 Å². The van der Waals surface area contributed by atoms with E-state index in [1.54, 1.807) is 26.8 Å². The van der Waals surface area contributed by atoms with E-state index in [1.165, 1.54) is 12.3 Å². The second-order valence-electron chi connectivity index (χ2n) is 5.84. The number of hydrogen-bond donors (Lipinski definition) is 3. The molecule has 10 heteroatoms. The predicted octanol–water partition coefficient (Wildman–Crippen LogP) is 1.95. The standard InChI is InChI=1S/C14H16ClN5O3S/c1-14(2,3)23-13(22)20-9-5-4-7(10(15)8(9)6-17-20)11(21)18-19-12(16)24/h4-6H,1-3H3,(H,18,21)(H3,16,19,24). The Morgan fingerprint density at radius 3 is 2.58 bits per heavy atom. The maximum atomic E-state index is 12.2. The molecule has 24 heavy (non-hydrogen) atoms. The number of halogens is 1. The first-order chi connectivity index (χ1) is 11.1. The summed E-state index contributed by atoms with van der Waals surface area (Å²) in [6, 6.07) is 3.01. The van der Waals surface area contributed by atoms with Crippen molar-refractivity contribution in [3.63, 3.8) is 0 Å². The van der Waals surface area contributed by atoms with Crippen molar-refractivity contribution in [3.8, 4) is 0 Å². The van der Waals surface area contributed by atoms with Gasteiger partial charge < -0.3 is 10.5 Å². The van der Waals surface area contributed by atoms with E-state index in [0.29, 0.717) is 10.9 Å². The summed E-state index contributed by atoms with van der Waals surface area (Å²) >= 11 is 10.8. The second kappa shape index (κ2) is 6.62. The van der Waals surface area contributed by atoms with E-state index in [4.69, 9.17) is 22.1 Å². The average Bonchev–Trinajstić information content (AvgIpc) is 2.88. The number of fused-ring (bicyclic) bond motifs is 1. The fourth-order valence-corrected chi connectivity index (χ4v) is 2.23. The lowest BCUT2D eigenvalue weighted by Gasteiger charge is -2.19. The van der Waals surface area contributed by atoms with Crippen molar-refractivity contribution in [2.24, 2.45) is 5.73 Å². The van der Waals surface area contributed by atoms with Gasteiger partial charge in [0.05, 0.1) is 22.3 Å². The van der Waals surface area contributed by atoms with Crippen LogP contribution in [0, 0.1) is 0 Å². The summed E-state index contributed by atoms with van der Waals surface area (Å²) in [7, 11) is 0. The maximum Gasteiger partial charge on any atom is 0.435 e. The predicted molar refractivity (Wildman–Crippen MR) is 93.8 cm³/mol. The quantitative estimate of drug-likeness (QED) is 0.520. The zero-order valence-electron chi connectivity index (χ0n) is 13.2. The number of rotatable bonds is 1. The molecule has 0 bridgehead atoms. The van der Waals surface area contributed by atoms with E-state index in [9.17, 15) is 9.59 Å². The average molecular weight is 370 g/mol. The summed E-state index contributed by atoms with van der Waals surface area (Å²) in [6.45, 7) is 5.25. The summed E-state index contributed by atoms with van der Waals surface area (Å²) in [4.78, 5) is 24.2. The number of aromatic nitrogens is 2. The van der Waals surface area contributed by atoms with Gasteiger partial charge >= 0.3 is 6.09 Å². The number of hydrazine groups is 1. The Kier molecular flexibility index (Phi) is 4.95. The van der Waals surface area contributed by atoms with Crippen LogP contribution in [0.15, 0.2) is 18.3 Å². The molecule has 4 N–H and O–H groups in total.